The molecule has 0 radical (unpaired) electrons. The average Bonchev–Trinajstić information content (AvgIpc) is 3.25. The van der Waals surface area contributed by atoms with Crippen molar-refractivity contribution in [2.45, 2.75) is 4.90 Å². The molecule has 1 aliphatic rings. The van der Waals surface area contributed by atoms with Crippen molar-refractivity contribution in [3.63, 3.8) is 0 Å². The topological polar surface area (TPSA) is 103 Å². The van der Waals surface area contributed by atoms with Crippen molar-refractivity contribution in [1.29, 1.82) is 0 Å². The smallest absolute Gasteiger partial charge is 0.248 e. The van der Waals surface area contributed by atoms with Gasteiger partial charge in [-0.25, -0.2) is 13.4 Å². The second-order valence-corrected chi connectivity index (χ2v) is 9.32. The zero-order valence-electron chi connectivity index (χ0n) is 15.4. The first kappa shape index (κ1) is 19.7. The molecule has 0 bridgehead atoms. The molecule has 2 N–H and O–H groups in total. The monoisotopic (exact) mass is 429 g/mol. The summed E-state index contributed by atoms with van der Waals surface area (Å²) in [6.07, 6.45) is 0. The summed E-state index contributed by atoms with van der Waals surface area (Å²) in [4.78, 5) is 16.3. The van der Waals surface area contributed by atoms with E-state index in [1.54, 1.807) is 42.5 Å². The number of morpholine rings is 1. The third kappa shape index (κ3) is 4.08. The number of benzene rings is 2. The lowest BCUT2D eigenvalue weighted by Crippen LogP contribution is -2.40. The molecule has 4 rings (SSSR count). The van der Waals surface area contributed by atoms with E-state index in [0.717, 1.165) is 21.8 Å². The number of aromatic nitrogens is 1. The van der Waals surface area contributed by atoms with Crippen molar-refractivity contribution in [3.05, 3.63) is 59.5 Å². The molecule has 0 saturated carbocycles. The first-order valence-electron chi connectivity index (χ1n) is 8.99. The number of primary amides is 1. The number of ether oxygens (including phenoxy) is 1. The Kier molecular flexibility index (Phi) is 5.46. The number of carbonyl (C=O) groups excluding carboxylic acids is 1. The third-order valence-corrected chi connectivity index (χ3v) is 7.46. The Morgan fingerprint density at radius 3 is 2.48 bits per heavy atom. The molecule has 0 aliphatic carbocycles. The molecule has 3 aromatic rings. The van der Waals surface area contributed by atoms with Crippen molar-refractivity contribution < 1.29 is 17.9 Å². The van der Waals surface area contributed by atoms with Crippen molar-refractivity contribution in [3.8, 4) is 21.8 Å². The van der Waals surface area contributed by atoms with Gasteiger partial charge in [0, 0.05) is 35.2 Å². The Hall–Kier alpha value is -2.59. The predicted molar refractivity (Wildman–Crippen MR) is 111 cm³/mol. The molecule has 0 unspecified atom stereocenters. The molecule has 9 heteroatoms. The van der Waals surface area contributed by atoms with E-state index < -0.39 is 15.9 Å². The Morgan fingerprint density at radius 1 is 1.07 bits per heavy atom. The van der Waals surface area contributed by atoms with E-state index in [0.29, 0.717) is 31.9 Å². The minimum atomic E-state index is -3.52. The SMILES string of the molecule is NC(=O)c1cccc(-c2nc(-c3ccc(S(=O)(=O)N4CCOCC4)cc3)cs2)c1. The molecular weight excluding hydrogens is 410 g/mol. The summed E-state index contributed by atoms with van der Waals surface area (Å²) in [7, 11) is -3.52. The van der Waals surface area contributed by atoms with E-state index in [2.05, 4.69) is 4.98 Å². The largest absolute Gasteiger partial charge is 0.379 e. The van der Waals surface area contributed by atoms with Crippen LogP contribution in [0, 0.1) is 0 Å². The number of thiazole rings is 1. The molecule has 1 aromatic heterocycles. The van der Waals surface area contributed by atoms with Crippen LogP contribution in [0.25, 0.3) is 21.8 Å². The Morgan fingerprint density at radius 2 is 1.79 bits per heavy atom. The maximum Gasteiger partial charge on any atom is 0.248 e. The lowest BCUT2D eigenvalue weighted by Gasteiger charge is -2.26. The Bertz CT molecular complexity index is 1130. The normalized spacial score (nSPS) is 15.3. The standard InChI is InChI=1S/C20H19N3O4S2/c21-19(24)15-2-1-3-16(12-15)20-22-18(13-28-20)14-4-6-17(7-5-14)29(25,26)23-8-10-27-11-9-23/h1-7,12-13H,8-11H2,(H2,21,24). The molecule has 1 saturated heterocycles. The van der Waals surface area contributed by atoms with Gasteiger partial charge in [0.2, 0.25) is 15.9 Å². The molecule has 0 atom stereocenters. The highest BCUT2D eigenvalue weighted by atomic mass is 32.2. The van der Waals surface area contributed by atoms with Gasteiger partial charge in [0.15, 0.2) is 0 Å². The highest BCUT2D eigenvalue weighted by Crippen LogP contribution is 2.30. The fourth-order valence-corrected chi connectivity index (χ4v) is 5.31. The van der Waals surface area contributed by atoms with Gasteiger partial charge in [0.05, 0.1) is 23.8 Å². The van der Waals surface area contributed by atoms with E-state index in [-0.39, 0.29) is 4.90 Å². The summed E-state index contributed by atoms with van der Waals surface area (Å²) in [5.41, 5.74) is 8.14. The fourth-order valence-electron chi connectivity index (χ4n) is 3.08. The Labute approximate surface area is 172 Å². The van der Waals surface area contributed by atoms with Crippen LogP contribution in [0.15, 0.2) is 58.8 Å². The van der Waals surface area contributed by atoms with Crippen LogP contribution in [0.1, 0.15) is 10.4 Å². The van der Waals surface area contributed by atoms with Crippen LogP contribution in [0.3, 0.4) is 0 Å². The van der Waals surface area contributed by atoms with E-state index in [1.165, 1.54) is 15.6 Å². The summed E-state index contributed by atoms with van der Waals surface area (Å²) < 4.78 is 32.1. The van der Waals surface area contributed by atoms with Crippen LogP contribution in [-0.4, -0.2) is 49.9 Å². The summed E-state index contributed by atoms with van der Waals surface area (Å²) >= 11 is 1.45. The van der Waals surface area contributed by atoms with E-state index in [4.69, 9.17) is 10.5 Å². The number of hydrogen-bond acceptors (Lipinski definition) is 6. The molecule has 1 amide bonds. The fraction of sp³-hybridized carbons (Fsp3) is 0.200. The van der Waals surface area contributed by atoms with Gasteiger partial charge in [-0.15, -0.1) is 11.3 Å². The quantitative estimate of drug-likeness (QED) is 0.672. The van der Waals surface area contributed by atoms with Crippen molar-refractivity contribution in [2.75, 3.05) is 26.3 Å². The average molecular weight is 430 g/mol. The van der Waals surface area contributed by atoms with Crippen molar-refractivity contribution in [2.24, 2.45) is 5.73 Å². The number of rotatable bonds is 5. The van der Waals surface area contributed by atoms with Crippen LogP contribution in [0.4, 0.5) is 0 Å². The summed E-state index contributed by atoms with van der Waals surface area (Å²) in [6, 6.07) is 13.7. The minimum absolute atomic E-state index is 0.257. The van der Waals surface area contributed by atoms with Gasteiger partial charge in [-0.1, -0.05) is 24.3 Å². The number of nitrogens with two attached hydrogens (primary N) is 1. The summed E-state index contributed by atoms with van der Waals surface area (Å²) in [6.45, 7) is 1.56. The first-order valence-corrected chi connectivity index (χ1v) is 11.3. The first-order chi connectivity index (χ1) is 13.9. The predicted octanol–water partition coefficient (Wildman–Crippen LogP) is 2.60. The van der Waals surface area contributed by atoms with Gasteiger partial charge in [0.25, 0.3) is 0 Å². The summed E-state index contributed by atoms with van der Waals surface area (Å²) in [5, 5.41) is 2.66. The van der Waals surface area contributed by atoms with Gasteiger partial charge < -0.3 is 10.5 Å². The number of carbonyl (C=O) groups is 1. The molecule has 0 spiro atoms. The lowest BCUT2D eigenvalue weighted by atomic mass is 10.1. The summed E-state index contributed by atoms with van der Waals surface area (Å²) in [5.74, 6) is -0.485. The molecule has 1 aliphatic heterocycles. The molecule has 1 fully saturated rings. The van der Waals surface area contributed by atoms with Crippen LogP contribution < -0.4 is 5.73 Å². The Balaban J connectivity index is 1.57. The van der Waals surface area contributed by atoms with Crippen molar-refractivity contribution in [1.82, 2.24) is 9.29 Å². The van der Waals surface area contributed by atoms with Crippen molar-refractivity contribution >= 4 is 27.3 Å². The second kappa shape index (κ2) is 8.03. The van der Waals surface area contributed by atoms with Gasteiger partial charge in [0.1, 0.15) is 5.01 Å². The molecule has 7 nitrogen and oxygen atoms in total. The van der Waals surface area contributed by atoms with E-state index >= 15 is 0 Å². The van der Waals surface area contributed by atoms with Gasteiger partial charge in [-0.3, -0.25) is 4.79 Å². The van der Waals surface area contributed by atoms with E-state index in [1.807, 2.05) is 11.4 Å². The van der Waals surface area contributed by atoms with Gasteiger partial charge in [-0.2, -0.15) is 4.31 Å². The molecule has 29 heavy (non-hydrogen) atoms. The molecule has 2 aromatic carbocycles. The molecule has 150 valence electrons. The third-order valence-electron chi connectivity index (χ3n) is 4.66. The second-order valence-electron chi connectivity index (χ2n) is 6.52. The molecule has 2 heterocycles. The molecular formula is C20H19N3O4S2. The number of hydrogen-bond donors (Lipinski definition) is 1. The number of nitrogens with zero attached hydrogens (tertiary/aromatic N) is 2. The van der Waals surface area contributed by atoms with E-state index in [9.17, 15) is 13.2 Å². The number of amides is 1. The van der Waals surface area contributed by atoms with Crippen LogP contribution in [0.2, 0.25) is 0 Å². The van der Waals surface area contributed by atoms with Crippen LogP contribution in [-0.2, 0) is 14.8 Å². The maximum absolute atomic E-state index is 12.7. The van der Waals surface area contributed by atoms with Gasteiger partial charge >= 0.3 is 0 Å². The number of sulfonamides is 1. The maximum atomic E-state index is 12.7. The van der Waals surface area contributed by atoms with Crippen LogP contribution >= 0.6 is 11.3 Å². The minimum Gasteiger partial charge on any atom is -0.379 e. The van der Waals surface area contributed by atoms with Crippen LogP contribution in [0.5, 0.6) is 0 Å². The highest BCUT2D eigenvalue weighted by molar-refractivity contribution is 7.89. The zero-order chi connectivity index (χ0) is 20.4. The highest BCUT2D eigenvalue weighted by Gasteiger charge is 2.26. The lowest BCUT2D eigenvalue weighted by molar-refractivity contribution is 0.0730. The van der Waals surface area contributed by atoms with Gasteiger partial charge in [-0.05, 0) is 24.3 Å². The zero-order valence-corrected chi connectivity index (χ0v) is 17.1.